The van der Waals surface area contributed by atoms with Crippen LogP contribution in [0.25, 0.3) is 16.5 Å². The zero-order valence-electron chi connectivity index (χ0n) is 19.4. The van der Waals surface area contributed by atoms with Gasteiger partial charge >= 0.3 is 0 Å². The number of fused-ring (bicyclic) bond motifs is 1. The molecule has 182 valence electrons. The van der Waals surface area contributed by atoms with Crippen LogP contribution in [0.2, 0.25) is 5.02 Å². The van der Waals surface area contributed by atoms with Crippen LogP contribution in [-0.2, 0) is 22.3 Å². The third kappa shape index (κ3) is 5.17. The minimum absolute atomic E-state index is 0.0313. The zero-order chi connectivity index (χ0) is 25.1. The van der Waals surface area contributed by atoms with E-state index in [0.717, 1.165) is 22.2 Å². The van der Waals surface area contributed by atoms with Crippen molar-refractivity contribution in [2.45, 2.75) is 29.3 Å². The molecule has 0 aliphatic carbocycles. The van der Waals surface area contributed by atoms with Gasteiger partial charge in [-0.3, -0.25) is 4.57 Å². The number of benzene rings is 4. The second-order valence-corrected chi connectivity index (χ2v) is 11.4. The Morgan fingerprint density at radius 3 is 2.50 bits per heavy atom. The van der Waals surface area contributed by atoms with Gasteiger partial charge in [-0.25, -0.2) is 13.1 Å². The summed E-state index contributed by atoms with van der Waals surface area (Å²) in [6, 6.07) is 28.3. The molecule has 4 aromatic carbocycles. The summed E-state index contributed by atoms with van der Waals surface area (Å²) in [5.41, 5.74) is 2.93. The standard InChI is InChI=1S/C27H23ClN4O2S2/c1-19-14-15-22(28)16-24(19)32-26(30-31-27(32)35-18-20-8-3-2-4-9-20)17-29-36(33,34)25-13-7-11-21-10-5-6-12-23(21)25/h2-16,29H,17-18H2,1H3. The van der Waals surface area contributed by atoms with Crippen LogP contribution in [0.4, 0.5) is 0 Å². The fourth-order valence-corrected chi connectivity index (χ4v) is 6.26. The minimum Gasteiger partial charge on any atom is -0.273 e. The summed E-state index contributed by atoms with van der Waals surface area (Å²) in [6.07, 6.45) is 0. The van der Waals surface area contributed by atoms with Crippen molar-refractivity contribution in [1.29, 1.82) is 0 Å². The fraction of sp³-hybridized carbons (Fsp3) is 0.111. The van der Waals surface area contributed by atoms with E-state index in [0.29, 0.717) is 27.1 Å². The molecule has 1 N–H and O–H groups in total. The van der Waals surface area contributed by atoms with E-state index in [4.69, 9.17) is 11.6 Å². The molecule has 0 unspecified atom stereocenters. The maximum absolute atomic E-state index is 13.3. The molecule has 0 atom stereocenters. The van der Waals surface area contributed by atoms with Crippen LogP contribution in [0.3, 0.4) is 0 Å². The first-order chi connectivity index (χ1) is 17.4. The van der Waals surface area contributed by atoms with Gasteiger partial charge < -0.3 is 0 Å². The lowest BCUT2D eigenvalue weighted by Crippen LogP contribution is -2.25. The first-order valence-corrected chi connectivity index (χ1v) is 14.1. The number of thioether (sulfide) groups is 1. The molecule has 1 heterocycles. The van der Waals surface area contributed by atoms with Gasteiger partial charge in [0.1, 0.15) is 0 Å². The van der Waals surface area contributed by atoms with E-state index in [1.807, 2.05) is 72.2 Å². The van der Waals surface area contributed by atoms with Crippen molar-refractivity contribution in [2.24, 2.45) is 0 Å². The van der Waals surface area contributed by atoms with Crippen LogP contribution in [0, 0.1) is 6.92 Å². The molecule has 0 saturated heterocycles. The summed E-state index contributed by atoms with van der Waals surface area (Å²) >= 11 is 7.86. The predicted octanol–water partition coefficient (Wildman–Crippen LogP) is 6.15. The normalized spacial score (nSPS) is 11.7. The molecule has 0 radical (unpaired) electrons. The Hall–Kier alpha value is -3.17. The topological polar surface area (TPSA) is 76.9 Å². The fourth-order valence-electron chi connectivity index (χ4n) is 3.96. The average molecular weight is 535 g/mol. The zero-order valence-corrected chi connectivity index (χ0v) is 21.8. The van der Waals surface area contributed by atoms with Gasteiger partial charge in [0.2, 0.25) is 10.0 Å². The molecule has 0 bridgehead atoms. The third-order valence-electron chi connectivity index (χ3n) is 5.78. The number of halogens is 1. The van der Waals surface area contributed by atoms with Crippen LogP contribution in [-0.4, -0.2) is 23.2 Å². The van der Waals surface area contributed by atoms with Crippen molar-refractivity contribution in [1.82, 2.24) is 19.5 Å². The highest BCUT2D eigenvalue weighted by atomic mass is 35.5. The van der Waals surface area contributed by atoms with E-state index in [9.17, 15) is 8.42 Å². The van der Waals surface area contributed by atoms with Gasteiger partial charge in [-0.2, -0.15) is 0 Å². The quantitative estimate of drug-likeness (QED) is 0.241. The molecular weight excluding hydrogens is 512 g/mol. The number of rotatable bonds is 8. The van der Waals surface area contributed by atoms with Crippen molar-refractivity contribution in [3.63, 3.8) is 0 Å². The molecule has 0 aliphatic rings. The minimum atomic E-state index is -3.81. The predicted molar refractivity (Wildman–Crippen MR) is 145 cm³/mol. The molecule has 36 heavy (non-hydrogen) atoms. The van der Waals surface area contributed by atoms with Gasteiger partial charge in [-0.1, -0.05) is 96.2 Å². The molecule has 9 heteroatoms. The van der Waals surface area contributed by atoms with Gasteiger partial charge in [-0.15, -0.1) is 10.2 Å². The van der Waals surface area contributed by atoms with E-state index >= 15 is 0 Å². The second kappa shape index (κ2) is 10.4. The van der Waals surface area contributed by atoms with Crippen LogP contribution in [0.5, 0.6) is 0 Å². The Morgan fingerprint density at radius 2 is 1.67 bits per heavy atom. The molecule has 0 fully saturated rings. The van der Waals surface area contributed by atoms with Crippen LogP contribution >= 0.6 is 23.4 Å². The van der Waals surface area contributed by atoms with Crippen LogP contribution in [0.15, 0.2) is 101 Å². The number of nitrogens with one attached hydrogen (secondary N) is 1. The molecule has 0 saturated carbocycles. The molecule has 1 aromatic heterocycles. The molecule has 6 nitrogen and oxygen atoms in total. The van der Waals surface area contributed by atoms with Gasteiger partial charge in [0, 0.05) is 16.2 Å². The van der Waals surface area contributed by atoms with Crippen molar-refractivity contribution in [3.05, 3.63) is 113 Å². The summed E-state index contributed by atoms with van der Waals surface area (Å²) in [6.45, 7) is 1.94. The van der Waals surface area contributed by atoms with Crippen molar-refractivity contribution < 1.29 is 8.42 Å². The van der Waals surface area contributed by atoms with Gasteiger partial charge in [0.15, 0.2) is 11.0 Å². The molecule has 5 rings (SSSR count). The average Bonchev–Trinajstić information content (AvgIpc) is 3.30. The number of hydrogen-bond acceptors (Lipinski definition) is 5. The van der Waals surface area contributed by atoms with E-state index in [1.54, 1.807) is 18.2 Å². The van der Waals surface area contributed by atoms with Crippen molar-refractivity contribution >= 4 is 44.2 Å². The summed E-state index contributed by atoms with van der Waals surface area (Å²) in [5, 5.41) is 11.5. The van der Waals surface area contributed by atoms with Gasteiger partial charge in [0.05, 0.1) is 17.1 Å². The largest absolute Gasteiger partial charge is 0.273 e. The number of aromatic nitrogens is 3. The highest BCUT2D eigenvalue weighted by molar-refractivity contribution is 7.98. The molecular formula is C27H23ClN4O2S2. The van der Waals surface area contributed by atoms with E-state index in [2.05, 4.69) is 27.1 Å². The van der Waals surface area contributed by atoms with Crippen molar-refractivity contribution in [3.8, 4) is 5.69 Å². The highest BCUT2D eigenvalue weighted by Crippen LogP contribution is 2.29. The third-order valence-corrected chi connectivity index (χ3v) is 8.48. The number of aryl methyl sites for hydroxylation is 1. The monoisotopic (exact) mass is 534 g/mol. The summed E-state index contributed by atoms with van der Waals surface area (Å²) < 4.78 is 31.2. The molecule has 5 aromatic rings. The van der Waals surface area contributed by atoms with Crippen LogP contribution < -0.4 is 4.72 Å². The van der Waals surface area contributed by atoms with Crippen molar-refractivity contribution in [2.75, 3.05) is 0 Å². The number of hydrogen-bond donors (Lipinski definition) is 1. The first-order valence-electron chi connectivity index (χ1n) is 11.3. The van der Waals surface area contributed by atoms with E-state index < -0.39 is 10.0 Å². The Balaban J connectivity index is 1.48. The Labute approximate surface area is 219 Å². The number of nitrogens with zero attached hydrogens (tertiary/aromatic N) is 3. The smallest absolute Gasteiger partial charge is 0.241 e. The van der Waals surface area contributed by atoms with Crippen LogP contribution in [0.1, 0.15) is 17.0 Å². The maximum atomic E-state index is 13.3. The molecule has 0 amide bonds. The SMILES string of the molecule is Cc1ccc(Cl)cc1-n1c(CNS(=O)(=O)c2cccc3ccccc23)nnc1SCc1ccccc1. The maximum Gasteiger partial charge on any atom is 0.241 e. The summed E-state index contributed by atoms with van der Waals surface area (Å²) in [4.78, 5) is 0.226. The Morgan fingerprint density at radius 1 is 0.917 bits per heavy atom. The Bertz CT molecular complexity index is 1630. The van der Waals surface area contributed by atoms with E-state index in [1.165, 1.54) is 11.8 Å². The Kier molecular flexibility index (Phi) is 7.11. The summed E-state index contributed by atoms with van der Waals surface area (Å²) in [5.74, 6) is 1.17. The lowest BCUT2D eigenvalue weighted by molar-refractivity contribution is 0.579. The molecule has 0 spiro atoms. The van der Waals surface area contributed by atoms with E-state index in [-0.39, 0.29) is 11.4 Å². The lowest BCUT2D eigenvalue weighted by Gasteiger charge is -2.14. The highest BCUT2D eigenvalue weighted by Gasteiger charge is 2.21. The second-order valence-electron chi connectivity index (χ2n) is 8.24. The first kappa shape index (κ1) is 24.5. The number of sulfonamides is 1. The molecule has 0 aliphatic heterocycles. The summed E-state index contributed by atoms with van der Waals surface area (Å²) in [7, 11) is -3.81. The van der Waals surface area contributed by atoms with Gasteiger partial charge in [0.25, 0.3) is 0 Å². The lowest BCUT2D eigenvalue weighted by atomic mass is 10.1. The van der Waals surface area contributed by atoms with Gasteiger partial charge in [-0.05, 0) is 41.6 Å².